The van der Waals surface area contributed by atoms with Crippen molar-refractivity contribution in [3.8, 4) is 16.9 Å². The Morgan fingerprint density at radius 2 is 1.67 bits per heavy atom. The molecule has 1 aliphatic rings. The number of likely N-dealkylation sites (tertiary alicyclic amines) is 1. The Morgan fingerprint density at radius 3 is 2.36 bits per heavy atom. The molecule has 0 spiro atoms. The number of amides is 2. The first kappa shape index (κ1) is 22.6. The van der Waals surface area contributed by atoms with Gasteiger partial charge in [0.15, 0.2) is 0 Å². The summed E-state index contributed by atoms with van der Waals surface area (Å²) in [5.41, 5.74) is 9.42. The van der Waals surface area contributed by atoms with Crippen molar-refractivity contribution in [1.82, 2.24) is 4.90 Å². The Kier molecular flexibility index (Phi) is 6.78. The molecule has 0 saturated carbocycles. The van der Waals surface area contributed by atoms with E-state index in [1.807, 2.05) is 59.5 Å². The van der Waals surface area contributed by atoms with E-state index < -0.39 is 5.41 Å². The van der Waals surface area contributed by atoms with E-state index in [-0.39, 0.29) is 11.8 Å². The molecule has 2 amide bonds. The lowest BCUT2D eigenvalue weighted by molar-refractivity contribution is -0.139. The first-order chi connectivity index (χ1) is 16.0. The Morgan fingerprint density at radius 1 is 0.970 bits per heavy atom. The SMILES string of the molecule is COc1ccc(CC(=O)N2CCC[C@@](Cc3ccccc3-c3ccccc3)(C(N)=O)C2)cc1. The third kappa shape index (κ3) is 5.08. The summed E-state index contributed by atoms with van der Waals surface area (Å²) in [6.07, 6.45) is 2.24. The molecule has 1 aliphatic heterocycles. The highest BCUT2D eigenvalue weighted by atomic mass is 16.5. The van der Waals surface area contributed by atoms with Crippen LogP contribution in [-0.2, 0) is 22.4 Å². The van der Waals surface area contributed by atoms with Gasteiger partial charge in [0.2, 0.25) is 11.8 Å². The number of carbonyl (C=O) groups excluding carboxylic acids is 2. The van der Waals surface area contributed by atoms with E-state index in [0.717, 1.165) is 34.4 Å². The summed E-state index contributed by atoms with van der Waals surface area (Å²) >= 11 is 0. The van der Waals surface area contributed by atoms with E-state index in [0.29, 0.717) is 32.4 Å². The smallest absolute Gasteiger partial charge is 0.227 e. The van der Waals surface area contributed by atoms with Crippen LogP contribution in [0.5, 0.6) is 5.75 Å². The second-order valence-electron chi connectivity index (χ2n) is 8.79. The van der Waals surface area contributed by atoms with Gasteiger partial charge >= 0.3 is 0 Å². The predicted octanol–water partition coefficient (Wildman–Crippen LogP) is 4.24. The molecule has 1 fully saturated rings. The first-order valence-corrected chi connectivity index (χ1v) is 11.3. The van der Waals surface area contributed by atoms with Gasteiger partial charge in [-0.25, -0.2) is 0 Å². The van der Waals surface area contributed by atoms with Gasteiger partial charge in [-0.05, 0) is 53.6 Å². The fourth-order valence-corrected chi connectivity index (χ4v) is 4.75. The highest BCUT2D eigenvalue weighted by Crippen LogP contribution is 2.37. The standard InChI is InChI=1S/C28H30N2O3/c1-33-24-14-12-21(13-15-24)18-26(31)30-17-7-16-28(20-30,27(29)32)19-23-10-5-6-11-25(23)22-8-3-2-4-9-22/h2-6,8-15H,7,16-20H2,1H3,(H2,29,32)/t28-/m0/s1. The van der Waals surface area contributed by atoms with Crippen LogP contribution in [-0.4, -0.2) is 36.9 Å². The number of nitrogens with two attached hydrogens (primary N) is 1. The second-order valence-corrected chi connectivity index (χ2v) is 8.79. The fourth-order valence-electron chi connectivity index (χ4n) is 4.75. The van der Waals surface area contributed by atoms with E-state index in [4.69, 9.17) is 10.5 Å². The average molecular weight is 443 g/mol. The molecule has 2 N–H and O–H groups in total. The molecular formula is C28H30N2O3. The second kappa shape index (κ2) is 9.90. The Labute approximate surface area is 195 Å². The summed E-state index contributed by atoms with van der Waals surface area (Å²) in [6.45, 7) is 0.991. The van der Waals surface area contributed by atoms with Gasteiger partial charge in [-0.2, -0.15) is 0 Å². The van der Waals surface area contributed by atoms with Gasteiger partial charge in [-0.15, -0.1) is 0 Å². The van der Waals surface area contributed by atoms with Gasteiger partial charge in [0, 0.05) is 13.1 Å². The zero-order valence-electron chi connectivity index (χ0n) is 19.0. The molecule has 33 heavy (non-hydrogen) atoms. The number of methoxy groups -OCH3 is 1. The average Bonchev–Trinajstić information content (AvgIpc) is 2.85. The lowest BCUT2D eigenvalue weighted by atomic mass is 9.73. The lowest BCUT2D eigenvalue weighted by Gasteiger charge is -2.41. The molecule has 1 atom stereocenters. The van der Waals surface area contributed by atoms with Crippen molar-refractivity contribution in [3.63, 3.8) is 0 Å². The molecule has 0 aromatic heterocycles. The summed E-state index contributed by atoms with van der Waals surface area (Å²) in [5, 5.41) is 0. The van der Waals surface area contributed by atoms with Crippen LogP contribution in [0.4, 0.5) is 0 Å². The Balaban J connectivity index is 1.55. The van der Waals surface area contributed by atoms with Crippen molar-refractivity contribution in [2.24, 2.45) is 11.1 Å². The third-order valence-electron chi connectivity index (χ3n) is 6.60. The van der Waals surface area contributed by atoms with Crippen molar-refractivity contribution < 1.29 is 14.3 Å². The van der Waals surface area contributed by atoms with Crippen LogP contribution in [0.25, 0.3) is 11.1 Å². The lowest BCUT2D eigenvalue weighted by Crippen LogP contribution is -2.53. The van der Waals surface area contributed by atoms with E-state index in [1.165, 1.54) is 0 Å². The molecule has 1 heterocycles. The van der Waals surface area contributed by atoms with Crippen LogP contribution in [0.15, 0.2) is 78.9 Å². The number of carbonyl (C=O) groups is 2. The van der Waals surface area contributed by atoms with Crippen LogP contribution in [0.1, 0.15) is 24.0 Å². The number of nitrogens with zero attached hydrogens (tertiary/aromatic N) is 1. The molecule has 1 saturated heterocycles. The van der Waals surface area contributed by atoms with Crippen molar-refractivity contribution >= 4 is 11.8 Å². The van der Waals surface area contributed by atoms with Gasteiger partial charge in [-0.3, -0.25) is 9.59 Å². The number of piperidine rings is 1. The van der Waals surface area contributed by atoms with E-state index in [9.17, 15) is 9.59 Å². The third-order valence-corrected chi connectivity index (χ3v) is 6.60. The van der Waals surface area contributed by atoms with Crippen molar-refractivity contribution in [1.29, 1.82) is 0 Å². The zero-order valence-corrected chi connectivity index (χ0v) is 19.0. The van der Waals surface area contributed by atoms with Gasteiger partial charge < -0.3 is 15.4 Å². The summed E-state index contributed by atoms with van der Waals surface area (Å²) in [6, 6.07) is 25.8. The van der Waals surface area contributed by atoms with Gasteiger partial charge in [0.25, 0.3) is 0 Å². The number of rotatable bonds is 7. The molecule has 5 nitrogen and oxygen atoms in total. The maximum atomic E-state index is 13.1. The highest BCUT2D eigenvalue weighted by Gasteiger charge is 2.42. The van der Waals surface area contributed by atoms with Crippen molar-refractivity contribution in [3.05, 3.63) is 90.0 Å². The topological polar surface area (TPSA) is 72.6 Å². The summed E-state index contributed by atoms with van der Waals surface area (Å²) in [7, 11) is 1.62. The molecule has 4 rings (SSSR count). The normalized spacial score (nSPS) is 18.0. The first-order valence-electron chi connectivity index (χ1n) is 11.3. The largest absolute Gasteiger partial charge is 0.497 e. The summed E-state index contributed by atoms with van der Waals surface area (Å²) in [5.74, 6) is 0.433. The minimum atomic E-state index is -0.779. The molecule has 0 aliphatic carbocycles. The van der Waals surface area contributed by atoms with Crippen molar-refractivity contribution in [2.75, 3.05) is 20.2 Å². The number of hydrogen-bond donors (Lipinski definition) is 1. The Hall–Kier alpha value is -3.60. The molecule has 3 aromatic rings. The van der Waals surface area contributed by atoms with Gasteiger partial charge in [0.05, 0.1) is 18.9 Å². The number of ether oxygens (including phenoxy) is 1. The van der Waals surface area contributed by atoms with Crippen molar-refractivity contribution in [2.45, 2.75) is 25.7 Å². The number of primary amides is 1. The van der Waals surface area contributed by atoms with Crippen LogP contribution < -0.4 is 10.5 Å². The van der Waals surface area contributed by atoms with Gasteiger partial charge in [0.1, 0.15) is 5.75 Å². The maximum Gasteiger partial charge on any atom is 0.227 e. The highest BCUT2D eigenvalue weighted by molar-refractivity contribution is 5.85. The molecule has 0 radical (unpaired) electrons. The minimum absolute atomic E-state index is 0.0156. The summed E-state index contributed by atoms with van der Waals surface area (Å²) in [4.78, 5) is 27.7. The maximum absolute atomic E-state index is 13.1. The van der Waals surface area contributed by atoms with Crippen LogP contribution in [0, 0.1) is 5.41 Å². The van der Waals surface area contributed by atoms with E-state index >= 15 is 0 Å². The molecule has 170 valence electrons. The monoisotopic (exact) mass is 442 g/mol. The molecule has 3 aromatic carbocycles. The molecular weight excluding hydrogens is 412 g/mol. The predicted molar refractivity (Wildman–Crippen MR) is 130 cm³/mol. The summed E-state index contributed by atoms with van der Waals surface area (Å²) < 4.78 is 5.20. The van der Waals surface area contributed by atoms with Gasteiger partial charge in [-0.1, -0.05) is 66.7 Å². The Bertz CT molecular complexity index is 1110. The van der Waals surface area contributed by atoms with Crippen LogP contribution in [0.3, 0.4) is 0 Å². The number of benzene rings is 3. The van der Waals surface area contributed by atoms with Crippen LogP contribution >= 0.6 is 0 Å². The fraction of sp³-hybridized carbons (Fsp3) is 0.286. The molecule has 0 unspecified atom stereocenters. The zero-order chi connectivity index (χ0) is 23.3. The van der Waals surface area contributed by atoms with Crippen LogP contribution in [0.2, 0.25) is 0 Å². The van der Waals surface area contributed by atoms with E-state index in [2.05, 4.69) is 24.3 Å². The van der Waals surface area contributed by atoms with E-state index in [1.54, 1.807) is 7.11 Å². The minimum Gasteiger partial charge on any atom is -0.497 e. The molecule has 0 bridgehead atoms. The molecule has 5 heteroatoms. The quantitative estimate of drug-likeness (QED) is 0.595. The number of hydrogen-bond acceptors (Lipinski definition) is 3.